The minimum absolute atomic E-state index is 0.0115. The number of ether oxygens (including phenoxy) is 3. The molecule has 29 heavy (non-hydrogen) atoms. The van der Waals surface area contributed by atoms with Crippen LogP contribution in [0, 0.1) is 11.8 Å². The van der Waals surface area contributed by atoms with Crippen LogP contribution in [0.2, 0.25) is 0 Å². The zero-order chi connectivity index (χ0) is 22.0. The summed E-state index contributed by atoms with van der Waals surface area (Å²) in [5, 5.41) is 9.27. The predicted octanol–water partition coefficient (Wildman–Crippen LogP) is 2.84. The Morgan fingerprint density at radius 2 is 1.59 bits per heavy atom. The van der Waals surface area contributed by atoms with Crippen LogP contribution in [0.3, 0.4) is 0 Å². The Morgan fingerprint density at radius 3 is 2.14 bits per heavy atom. The number of hydrogen-bond donors (Lipinski definition) is 1. The number of nitrogens with zero attached hydrogens (tertiary/aromatic N) is 1. The first-order valence-electron chi connectivity index (χ1n) is 10.6. The zero-order valence-electron chi connectivity index (χ0n) is 18.4. The average molecular weight is 416 g/mol. The Labute approximate surface area is 173 Å². The van der Waals surface area contributed by atoms with E-state index in [0.717, 1.165) is 25.7 Å². The van der Waals surface area contributed by atoms with E-state index in [1.165, 1.54) is 20.3 Å². The van der Waals surface area contributed by atoms with E-state index in [1.54, 1.807) is 0 Å². The smallest absolute Gasteiger partial charge is 0.317 e. The van der Waals surface area contributed by atoms with Crippen LogP contribution in [0.15, 0.2) is 0 Å². The standard InChI is InChI=1S/C21H37NO7/c1-6-7-8-9-10-11-22(13-19(25)26)12-18-14(2)15(3)20(27-16(4)23)21(29-18)28-17(5)24/h14-15,18,20-21H,6-13H2,1-5H3,(H,25,26)/t14-,15-,18?,20?,21?/m0/s1. The lowest BCUT2D eigenvalue weighted by Gasteiger charge is -2.44. The van der Waals surface area contributed by atoms with Crippen molar-refractivity contribution in [2.45, 2.75) is 85.2 Å². The molecule has 0 aromatic heterocycles. The summed E-state index contributed by atoms with van der Waals surface area (Å²) in [6, 6.07) is 0. The molecule has 0 spiro atoms. The van der Waals surface area contributed by atoms with Crippen LogP contribution in [0.4, 0.5) is 0 Å². The van der Waals surface area contributed by atoms with Crippen LogP contribution in [-0.2, 0) is 28.6 Å². The molecular weight excluding hydrogens is 378 g/mol. The van der Waals surface area contributed by atoms with Gasteiger partial charge < -0.3 is 19.3 Å². The van der Waals surface area contributed by atoms with Crippen molar-refractivity contribution in [1.29, 1.82) is 0 Å². The molecule has 0 radical (unpaired) electrons. The first-order chi connectivity index (χ1) is 13.6. The quantitative estimate of drug-likeness (QED) is 0.383. The third kappa shape index (κ3) is 9.12. The molecule has 0 aromatic carbocycles. The van der Waals surface area contributed by atoms with Crippen molar-refractivity contribution in [2.24, 2.45) is 11.8 Å². The SMILES string of the molecule is CCCCCCCN(CC(=O)O)CC1OC(OC(C)=O)C(OC(C)=O)[C@@H](C)[C@@H]1C. The van der Waals surface area contributed by atoms with Crippen LogP contribution >= 0.6 is 0 Å². The summed E-state index contributed by atoms with van der Waals surface area (Å²) < 4.78 is 16.6. The molecule has 168 valence electrons. The van der Waals surface area contributed by atoms with Gasteiger partial charge in [-0.15, -0.1) is 0 Å². The molecule has 1 saturated heterocycles. The van der Waals surface area contributed by atoms with E-state index in [1.807, 2.05) is 18.7 Å². The lowest BCUT2D eigenvalue weighted by atomic mass is 9.83. The highest BCUT2D eigenvalue weighted by atomic mass is 16.7. The Kier molecular flexibility index (Phi) is 11.2. The molecule has 0 saturated carbocycles. The number of esters is 2. The van der Waals surface area contributed by atoms with Gasteiger partial charge in [-0.3, -0.25) is 19.3 Å². The van der Waals surface area contributed by atoms with Gasteiger partial charge in [-0.1, -0.05) is 46.5 Å². The van der Waals surface area contributed by atoms with Crippen LogP contribution < -0.4 is 0 Å². The van der Waals surface area contributed by atoms with Gasteiger partial charge in [-0.2, -0.15) is 0 Å². The van der Waals surface area contributed by atoms with Gasteiger partial charge in [-0.25, -0.2) is 0 Å². The summed E-state index contributed by atoms with van der Waals surface area (Å²) in [4.78, 5) is 36.2. The van der Waals surface area contributed by atoms with E-state index in [4.69, 9.17) is 14.2 Å². The third-order valence-corrected chi connectivity index (χ3v) is 5.47. The highest BCUT2D eigenvalue weighted by Gasteiger charge is 2.45. The van der Waals surface area contributed by atoms with Gasteiger partial charge in [0.1, 0.15) is 0 Å². The number of hydrogen-bond acceptors (Lipinski definition) is 7. The fraction of sp³-hybridized carbons (Fsp3) is 0.857. The van der Waals surface area contributed by atoms with Crippen LogP contribution in [0.1, 0.15) is 66.7 Å². The van der Waals surface area contributed by atoms with Crippen LogP contribution in [-0.4, -0.2) is 66.0 Å². The van der Waals surface area contributed by atoms with Crippen molar-refractivity contribution in [2.75, 3.05) is 19.6 Å². The van der Waals surface area contributed by atoms with E-state index in [9.17, 15) is 19.5 Å². The molecule has 0 bridgehead atoms. The Bertz CT molecular complexity index is 539. The molecule has 1 aliphatic rings. The maximum Gasteiger partial charge on any atom is 0.317 e. The van der Waals surface area contributed by atoms with Gasteiger partial charge in [0.05, 0.1) is 12.6 Å². The second-order valence-corrected chi connectivity index (χ2v) is 7.99. The highest BCUT2D eigenvalue weighted by Crippen LogP contribution is 2.34. The number of carboxylic acids is 1. The molecule has 0 aliphatic carbocycles. The van der Waals surface area contributed by atoms with Gasteiger partial charge in [0.2, 0.25) is 6.29 Å². The topological polar surface area (TPSA) is 102 Å². The molecule has 5 atom stereocenters. The number of aliphatic carboxylic acids is 1. The number of rotatable bonds is 12. The van der Waals surface area contributed by atoms with Crippen molar-refractivity contribution >= 4 is 17.9 Å². The number of carboxylic acid groups (broad SMARTS) is 1. The van der Waals surface area contributed by atoms with E-state index >= 15 is 0 Å². The fourth-order valence-electron chi connectivity index (χ4n) is 3.70. The minimum atomic E-state index is -0.996. The molecule has 8 nitrogen and oxygen atoms in total. The molecule has 1 rings (SSSR count). The average Bonchev–Trinajstić information content (AvgIpc) is 2.61. The Morgan fingerprint density at radius 1 is 0.966 bits per heavy atom. The van der Waals surface area contributed by atoms with Gasteiger partial charge in [0, 0.05) is 26.3 Å². The van der Waals surface area contributed by atoms with Crippen molar-refractivity contribution in [3.63, 3.8) is 0 Å². The summed E-state index contributed by atoms with van der Waals surface area (Å²) >= 11 is 0. The van der Waals surface area contributed by atoms with Crippen LogP contribution in [0.5, 0.6) is 0 Å². The van der Waals surface area contributed by atoms with Crippen molar-refractivity contribution < 1.29 is 33.7 Å². The second kappa shape index (κ2) is 12.8. The molecular formula is C21H37NO7. The number of carbonyl (C=O) groups is 3. The maximum atomic E-state index is 11.5. The summed E-state index contributed by atoms with van der Waals surface area (Å²) in [5.74, 6) is -2.00. The molecule has 0 amide bonds. The van der Waals surface area contributed by atoms with Gasteiger partial charge in [0.15, 0.2) is 6.10 Å². The summed E-state index contributed by atoms with van der Waals surface area (Å²) in [7, 11) is 0. The Hall–Kier alpha value is -1.67. The number of unbranched alkanes of at least 4 members (excludes halogenated alkanes) is 4. The van der Waals surface area contributed by atoms with E-state index in [-0.39, 0.29) is 24.5 Å². The summed E-state index contributed by atoms with van der Waals surface area (Å²) in [5.41, 5.74) is 0. The minimum Gasteiger partial charge on any atom is -0.480 e. The van der Waals surface area contributed by atoms with Crippen molar-refractivity contribution in [3.8, 4) is 0 Å². The first-order valence-corrected chi connectivity index (χ1v) is 10.6. The van der Waals surface area contributed by atoms with E-state index in [0.29, 0.717) is 13.1 Å². The lowest BCUT2D eigenvalue weighted by Crippen LogP contribution is -2.55. The third-order valence-electron chi connectivity index (χ3n) is 5.47. The molecule has 3 unspecified atom stereocenters. The number of carbonyl (C=O) groups excluding carboxylic acids is 2. The zero-order valence-corrected chi connectivity index (χ0v) is 18.4. The first kappa shape index (κ1) is 25.4. The van der Waals surface area contributed by atoms with Crippen molar-refractivity contribution in [1.82, 2.24) is 4.90 Å². The van der Waals surface area contributed by atoms with Crippen molar-refractivity contribution in [3.05, 3.63) is 0 Å². The molecule has 1 aliphatic heterocycles. The second-order valence-electron chi connectivity index (χ2n) is 7.99. The van der Waals surface area contributed by atoms with Crippen LogP contribution in [0.25, 0.3) is 0 Å². The van der Waals surface area contributed by atoms with Gasteiger partial charge in [-0.05, 0) is 18.9 Å². The van der Waals surface area contributed by atoms with E-state index in [2.05, 4.69) is 6.92 Å². The maximum absolute atomic E-state index is 11.5. The predicted molar refractivity (Wildman–Crippen MR) is 107 cm³/mol. The molecule has 8 heteroatoms. The monoisotopic (exact) mass is 415 g/mol. The molecule has 1 heterocycles. The largest absolute Gasteiger partial charge is 0.480 e. The van der Waals surface area contributed by atoms with Gasteiger partial charge >= 0.3 is 17.9 Å². The summed E-state index contributed by atoms with van der Waals surface area (Å²) in [6.07, 6.45) is 3.44. The molecule has 1 N–H and O–H groups in total. The Balaban J connectivity index is 2.81. The lowest BCUT2D eigenvalue weighted by molar-refractivity contribution is -0.268. The highest BCUT2D eigenvalue weighted by molar-refractivity contribution is 5.69. The molecule has 0 aromatic rings. The summed E-state index contributed by atoms with van der Waals surface area (Å²) in [6.45, 7) is 9.66. The normalized spacial score (nSPS) is 26.9. The fourth-order valence-corrected chi connectivity index (χ4v) is 3.70. The van der Waals surface area contributed by atoms with Gasteiger partial charge in [0.25, 0.3) is 0 Å². The van der Waals surface area contributed by atoms with E-state index < -0.39 is 30.3 Å². The molecule has 1 fully saturated rings.